The highest BCUT2D eigenvalue weighted by Crippen LogP contribution is 2.43. The molecule has 1 N–H and O–H groups in total. The van der Waals surface area contributed by atoms with Crippen LogP contribution in [0, 0.1) is 0 Å². The number of unbranched alkanes of at least 4 members (excludes halogenated alkanes) is 2. The molecule has 1 aliphatic carbocycles. The van der Waals surface area contributed by atoms with Gasteiger partial charge in [0.15, 0.2) is 0 Å². The smallest absolute Gasteiger partial charge is 0.0408 e. The van der Waals surface area contributed by atoms with Crippen molar-refractivity contribution in [3.8, 4) is 0 Å². The minimum Gasteiger partial charge on any atom is -0.316 e. The number of benzene rings is 1. The number of rotatable bonds is 7. The SMILES string of the molecule is CCCCCNCC1(c2cccc(Cl)c2)CCC1. The van der Waals surface area contributed by atoms with Crippen LogP contribution in [0.15, 0.2) is 24.3 Å². The highest BCUT2D eigenvalue weighted by molar-refractivity contribution is 6.30. The lowest BCUT2D eigenvalue weighted by Gasteiger charge is -2.43. The first kappa shape index (κ1) is 13.9. The molecule has 2 rings (SSSR count). The van der Waals surface area contributed by atoms with E-state index in [-0.39, 0.29) is 0 Å². The average molecular weight is 266 g/mol. The van der Waals surface area contributed by atoms with Crippen molar-refractivity contribution in [3.63, 3.8) is 0 Å². The summed E-state index contributed by atoms with van der Waals surface area (Å²) in [6, 6.07) is 8.42. The van der Waals surface area contributed by atoms with Crippen molar-refractivity contribution in [1.82, 2.24) is 5.32 Å². The zero-order valence-electron chi connectivity index (χ0n) is 11.3. The highest BCUT2D eigenvalue weighted by atomic mass is 35.5. The predicted octanol–water partition coefficient (Wildman–Crippen LogP) is 4.54. The fourth-order valence-corrected chi connectivity index (χ4v) is 3.01. The lowest BCUT2D eigenvalue weighted by molar-refractivity contribution is 0.233. The minimum atomic E-state index is 0.358. The molecular formula is C16H24ClN. The largest absolute Gasteiger partial charge is 0.316 e. The quantitative estimate of drug-likeness (QED) is 0.714. The van der Waals surface area contributed by atoms with Crippen LogP contribution in [-0.2, 0) is 5.41 Å². The zero-order valence-corrected chi connectivity index (χ0v) is 12.1. The summed E-state index contributed by atoms with van der Waals surface area (Å²) >= 11 is 6.11. The molecule has 0 amide bonds. The van der Waals surface area contributed by atoms with Crippen LogP contribution in [0.1, 0.15) is 51.0 Å². The maximum Gasteiger partial charge on any atom is 0.0408 e. The van der Waals surface area contributed by atoms with E-state index < -0.39 is 0 Å². The molecule has 0 aromatic heterocycles. The van der Waals surface area contributed by atoms with Gasteiger partial charge in [0.1, 0.15) is 0 Å². The molecule has 1 aliphatic rings. The van der Waals surface area contributed by atoms with Crippen LogP contribution in [-0.4, -0.2) is 13.1 Å². The maximum atomic E-state index is 6.11. The summed E-state index contributed by atoms with van der Waals surface area (Å²) in [6.45, 7) is 4.51. The Morgan fingerprint density at radius 2 is 2.11 bits per heavy atom. The molecule has 0 spiro atoms. The van der Waals surface area contributed by atoms with Gasteiger partial charge in [-0.2, -0.15) is 0 Å². The molecule has 0 bridgehead atoms. The second kappa shape index (κ2) is 6.58. The molecule has 100 valence electrons. The minimum absolute atomic E-state index is 0.358. The third-order valence-electron chi connectivity index (χ3n) is 4.17. The van der Waals surface area contributed by atoms with E-state index in [1.165, 1.54) is 44.1 Å². The van der Waals surface area contributed by atoms with E-state index >= 15 is 0 Å². The third kappa shape index (κ3) is 3.27. The van der Waals surface area contributed by atoms with Crippen molar-refractivity contribution >= 4 is 11.6 Å². The van der Waals surface area contributed by atoms with Gasteiger partial charge in [-0.1, -0.05) is 49.9 Å². The summed E-state index contributed by atoms with van der Waals surface area (Å²) in [4.78, 5) is 0. The number of halogens is 1. The van der Waals surface area contributed by atoms with Gasteiger partial charge in [0.05, 0.1) is 0 Å². The van der Waals surface area contributed by atoms with Gasteiger partial charge >= 0.3 is 0 Å². The Morgan fingerprint density at radius 3 is 2.72 bits per heavy atom. The normalized spacial score (nSPS) is 17.4. The first-order valence-electron chi connectivity index (χ1n) is 7.24. The van der Waals surface area contributed by atoms with Crippen LogP contribution in [0.25, 0.3) is 0 Å². The van der Waals surface area contributed by atoms with Crippen molar-refractivity contribution in [1.29, 1.82) is 0 Å². The Bertz CT molecular complexity index is 371. The molecule has 0 radical (unpaired) electrons. The van der Waals surface area contributed by atoms with E-state index in [0.717, 1.165) is 18.1 Å². The molecule has 1 aromatic rings. The van der Waals surface area contributed by atoms with Crippen molar-refractivity contribution in [2.24, 2.45) is 0 Å². The van der Waals surface area contributed by atoms with E-state index in [1.807, 2.05) is 6.07 Å². The standard InChI is InChI=1S/C16H24ClN/c1-2-3-4-11-18-13-16(9-6-10-16)14-7-5-8-15(17)12-14/h5,7-8,12,18H,2-4,6,9-11,13H2,1H3. The molecule has 0 heterocycles. The number of nitrogens with one attached hydrogen (secondary N) is 1. The molecule has 0 aliphatic heterocycles. The second-order valence-electron chi connectivity index (χ2n) is 5.53. The van der Waals surface area contributed by atoms with Gasteiger partial charge in [-0.25, -0.2) is 0 Å². The van der Waals surface area contributed by atoms with Crippen LogP contribution < -0.4 is 5.32 Å². The topological polar surface area (TPSA) is 12.0 Å². The van der Waals surface area contributed by atoms with Gasteiger partial charge in [-0.15, -0.1) is 0 Å². The summed E-state index contributed by atoms with van der Waals surface area (Å²) in [7, 11) is 0. The molecule has 1 saturated carbocycles. The van der Waals surface area contributed by atoms with Crippen LogP contribution in [0.3, 0.4) is 0 Å². The molecule has 18 heavy (non-hydrogen) atoms. The number of hydrogen-bond donors (Lipinski definition) is 1. The lowest BCUT2D eigenvalue weighted by Crippen LogP contribution is -2.44. The van der Waals surface area contributed by atoms with Crippen molar-refractivity contribution in [3.05, 3.63) is 34.9 Å². The average Bonchev–Trinajstić information content (AvgIpc) is 2.32. The fourth-order valence-electron chi connectivity index (χ4n) is 2.82. The Hall–Kier alpha value is -0.530. The molecule has 0 atom stereocenters. The molecule has 1 fully saturated rings. The molecule has 1 aromatic carbocycles. The Balaban J connectivity index is 1.90. The highest BCUT2D eigenvalue weighted by Gasteiger charge is 2.38. The predicted molar refractivity (Wildman–Crippen MR) is 79.4 cm³/mol. The molecule has 2 heteroatoms. The summed E-state index contributed by atoms with van der Waals surface area (Å²) < 4.78 is 0. The molecule has 1 nitrogen and oxygen atoms in total. The van der Waals surface area contributed by atoms with Crippen LogP contribution >= 0.6 is 11.6 Å². The van der Waals surface area contributed by atoms with E-state index in [2.05, 4.69) is 30.4 Å². The maximum absolute atomic E-state index is 6.11. The van der Waals surface area contributed by atoms with Crippen molar-refractivity contribution in [2.45, 2.75) is 50.9 Å². The summed E-state index contributed by atoms with van der Waals surface area (Å²) in [5.41, 5.74) is 1.78. The Kier molecular flexibility index (Phi) is 5.08. The summed E-state index contributed by atoms with van der Waals surface area (Å²) in [6.07, 6.45) is 7.87. The van der Waals surface area contributed by atoms with E-state index in [1.54, 1.807) is 0 Å². The Labute approximate surface area is 116 Å². The fraction of sp³-hybridized carbons (Fsp3) is 0.625. The van der Waals surface area contributed by atoms with Gasteiger partial charge < -0.3 is 5.32 Å². The van der Waals surface area contributed by atoms with Crippen LogP contribution in [0.2, 0.25) is 5.02 Å². The van der Waals surface area contributed by atoms with E-state index in [9.17, 15) is 0 Å². The van der Waals surface area contributed by atoms with Gasteiger partial charge in [0, 0.05) is 17.0 Å². The first-order chi connectivity index (χ1) is 8.77. The van der Waals surface area contributed by atoms with Crippen LogP contribution in [0.4, 0.5) is 0 Å². The molecule has 0 saturated heterocycles. The van der Waals surface area contributed by atoms with E-state index in [4.69, 9.17) is 11.6 Å². The summed E-state index contributed by atoms with van der Waals surface area (Å²) in [5, 5.41) is 4.50. The molecule has 0 unspecified atom stereocenters. The summed E-state index contributed by atoms with van der Waals surface area (Å²) in [5.74, 6) is 0. The Morgan fingerprint density at radius 1 is 1.28 bits per heavy atom. The van der Waals surface area contributed by atoms with Crippen molar-refractivity contribution in [2.75, 3.05) is 13.1 Å². The first-order valence-corrected chi connectivity index (χ1v) is 7.61. The second-order valence-corrected chi connectivity index (χ2v) is 5.96. The van der Waals surface area contributed by atoms with Gasteiger partial charge in [0.25, 0.3) is 0 Å². The van der Waals surface area contributed by atoms with Gasteiger partial charge in [0.2, 0.25) is 0 Å². The lowest BCUT2D eigenvalue weighted by atomic mass is 9.64. The monoisotopic (exact) mass is 265 g/mol. The zero-order chi connectivity index (χ0) is 12.8. The van der Waals surface area contributed by atoms with Gasteiger partial charge in [-0.05, 0) is 43.5 Å². The van der Waals surface area contributed by atoms with Crippen LogP contribution in [0.5, 0.6) is 0 Å². The van der Waals surface area contributed by atoms with E-state index in [0.29, 0.717) is 5.41 Å². The van der Waals surface area contributed by atoms with Crippen molar-refractivity contribution < 1.29 is 0 Å². The number of hydrogen-bond acceptors (Lipinski definition) is 1. The third-order valence-corrected chi connectivity index (χ3v) is 4.40. The molecular weight excluding hydrogens is 242 g/mol. The van der Waals surface area contributed by atoms with Gasteiger partial charge in [-0.3, -0.25) is 0 Å².